The molecule has 0 aliphatic rings. The van der Waals surface area contributed by atoms with Gasteiger partial charge in [-0.05, 0) is 31.5 Å². The predicted octanol–water partition coefficient (Wildman–Crippen LogP) is 4.18. The van der Waals surface area contributed by atoms with Crippen molar-refractivity contribution in [2.75, 3.05) is 5.32 Å². The topological polar surface area (TPSA) is 72.2 Å². The largest absolute Gasteiger partial charge is 0.322 e. The van der Waals surface area contributed by atoms with Gasteiger partial charge >= 0.3 is 0 Å². The summed E-state index contributed by atoms with van der Waals surface area (Å²) in [6, 6.07) is 4.16. The van der Waals surface area contributed by atoms with Crippen LogP contribution in [0.1, 0.15) is 20.8 Å². The summed E-state index contributed by atoms with van der Waals surface area (Å²) < 4.78 is 0. The summed E-state index contributed by atoms with van der Waals surface area (Å²) in [4.78, 5) is 23.4. The number of benzene rings is 1. The number of aryl methyl sites for hydroxylation is 1. The van der Waals surface area contributed by atoms with E-state index in [0.717, 1.165) is 10.4 Å². The number of halogens is 1. The van der Waals surface area contributed by atoms with Crippen molar-refractivity contribution in [1.29, 1.82) is 0 Å². The van der Waals surface area contributed by atoms with Crippen LogP contribution in [0.3, 0.4) is 0 Å². The number of rotatable bonds is 3. The van der Waals surface area contributed by atoms with Crippen molar-refractivity contribution >= 4 is 40.2 Å². The Labute approximate surface area is 124 Å². The molecule has 1 heterocycles. The lowest BCUT2D eigenvalue weighted by Crippen LogP contribution is -2.12. The van der Waals surface area contributed by atoms with E-state index in [1.165, 1.54) is 29.5 Å². The summed E-state index contributed by atoms with van der Waals surface area (Å²) in [5.74, 6) is -0.288. The summed E-state index contributed by atoms with van der Waals surface area (Å²) in [5.41, 5.74) is 1.60. The van der Waals surface area contributed by atoms with E-state index in [1.54, 1.807) is 5.38 Å². The first-order valence-electron chi connectivity index (χ1n) is 5.70. The quantitative estimate of drug-likeness (QED) is 0.682. The molecule has 0 bridgehead atoms. The minimum Gasteiger partial charge on any atom is -0.322 e. The molecule has 104 valence electrons. The van der Waals surface area contributed by atoms with E-state index in [9.17, 15) is 14.9 Å². The van der Waals surface area contributed by atoms with Crippen LogP contribution < -0.4 is 5.32 Å². The zero-order valence-electron chi connectivity index (χ0n) is 10.8. The maximum absolute atomic E-state index is 12.1. The normalized spacial score (nSPS) is 10.3. The lowest BCUT2D eigenvalue weighted by atomic mass is 10.1. The smallest absolute Gasteiger partial charge is 0.289 e. The molecule has 0 aliphatic carbocycles. The summed E-state index contributed by atoms with van der Waals surface area (Å²) in [7, 11) is 0. The van der Waals surface area contributed by atoms with Gasteiger partial charge in [0.2, 0.25) is 0 Å². The minimum absolute atomic E-state index is 0.0376. The third kappa shape index (κ3) is 2.81. The molecule has 1 amide bonds. The van der Waals surface area contributed by atoms with Crippen molar-refractivity contribution in [2.24, 2.45) is 0 Å². The third-order valence-corrected chi connectivity index (χ3v) is 4.26. The Morgan fingerprint density at radius 3 is 2.65 bits per heavy atom. The van der Waals surface area contributed by atoms with E-state index < -0.39 is 4.92 Å². The molecule has 0 spiro atoms. The molecule has 5 nitrogen and oxygen atoms in total. The number of nitrogens with one attached hydrogen (secondary N) is 1. The fourth-order valence-corrected chi connectivity index (χ4v) is 2.72. The van der Waals surface area contributed by atoms with Gasteiger partial charge in [0.1, 0.15) is 5.02 Å². The fourth-order valence-electron chi connectivity index (χ4n) is 1.67. The van der Waals surface area contributed by atoms with Crippen LogP contribution in [0.25, 0.3) is 0 Å². The Bertz CT molecular complexity index is 697. The summed E-state index contributed by atoms with van der Waals surface area (Å²) in [6.45, 7) is 3.80. The predicted molar refractivity (Wildman–Crippen MR) is 79.9 cm³/mol. The van der Waals surface area contributed by atoms with Crippen LogP contribution in [0.2, 0.25) is 5.02 Å². The fraction of sp³-hybridized carbons (Fsp3) is 0.154. The number of hydrogen-bond donors (Lipinski definition) is 1. The average molecular weight is 311 g/mol. The molecule has 1 aromatic carbocycles. The van der Waals surface area contributed by atoms with Crippen LogP contribution in [0, 0.1) is 24.0 Å². The standard InChI is InChI=1S/C13H11ClN2O3S/c1-7-8(2)20-6-10(7)13(17)15-9-3-4-11(14)12(5-9)16(18)19/h3-6H,1-2H3,(H,15,17). The molecule has 2 rings (SSSR count). The molecule has 20 heavy (non-hydrogen) atoms. The second-order valence-electron chi connectivity index (χ2n) is 4.21. The first kappa shape index (κ1) is 14.5. The van der Waals surface area contributed by atoms with Crippen LogP contribution in [0.15, 0.2) is 23.6 Å². The summed E-state index contributed by atoms with van der Waals surface area (Å²) in [6.07, 6.45) is 0. The van der Waals surface area contributed by atoms with E-state index in [2.05, 4.69) is 5.32 Å². The van der Waals surface area contributed by atoms with E-state index >= 15 is 0 Å². The number of nitro groups is 1. The zero-order valence-corrected chi connectivity index (χ0v) is 12.3. The van der Waals surface area contributed by atoms with Crippen molar-refractivity contribution in [3.05, 3.63) is 54.7 Å². The van der Waals surface area contributed by atoms with Crippen LogP contribution in [0.5, 0.6) is 0 Å². The summed E-state index contributed by atoms with van der Waals surface area (Å²) in [5, 5.41) is 15.2. The molecule has 1 N–H and O–H groups in total. The Morgan fingerprint density at radius 1 is 1.40 bits per heavy atom. The molecular formula is C13H11ClN2O3S. The van der Waals surface area contributed by atoms with Gasteiger partial charge in [-0.1, -0.05) is 11.6 Å². The number of hydrogen-bond acceptors (Lipinski definition) is 4. The van der Waals surface area contributed by atoms with Gasteiger partial charge in [0.15, 0.2) is 0 Å². The Morgan fingerprint density at radius 2 is 2.10 bits per heavy atom. The van der Waals surface area contributed by atoms with Crippen molar-refractivity contribution in [1.82, 2.24) is 0 Å². The van der Waals surface area contributed by atoms with Crippen LogP contribution in [-0.2, 0) is 0 Å². The average Bonchev–Trinajstić information content (AvgIpc) is 2.72. The minimum atomic E-state index is -0.585. The molecular weight excluding hydrogens is 300 g/mol. The van der Waals surface area contributed by atoms with Crippen molar-refractivity contribution in [3.8, 4) is 0 Å². The van der Waals surface area contributed by atoms with Gasteiger partial charge in [0, 0.05) is 22.0 Å². The first-order chi connectivity index (χ1) is 9.40. The number of anilines is 1. The third-order valence-electron chi connectivity index (χ3n) is 2.93. The molecule has 0 atom stereocenters. The van der Waals surface area contributed by atoms with E-state index in [1.807, 2.05) is 13.8 Å². The number of carbonyl (C=O) groups is 1. The highest BCUT2D eigenvalue weighted by Gasteiger charge is 2.16. The van der Waals surface area contributed by atoms with E-state index in [4.69, 9.17) is 11.6 Å². The van der Waals surface area contributed by atoms with E-state index in [-0.39, 0.29) is 16.6 Å². The number of thiophene rings is 1. The maximum atomic E-state index is 12.1. The van der Waals surface area contributed by atoms with Crippen LogP contribution >= 0.6 is 22.9 Å². The highest BCUT2D eigenvalue weighted by Crippen LogP contribution is 2.28. The number of carbonyl (C=O) groups excluding carboxylic acids is 1. The van der Waals surface area contributed by atoms with Crippen molar-refractivity contribution < 1.29 is 9.72 Å². The molecule has 7 heteroatoms. The van der Waals surface area contributed by atoms with Gasteiger partial charge in [0.25, 0.3) is 11.6 Å². The summed E-state index contributed by atoms with van der Waals surface area (Å²) >= 11 is 7.21. The zero-order chi connectivity index (χ0) is 14.9. The van der Waals surface area contributed by atoms with E-state index in [0.29, 0.717) is 11.3 Å². The maximum Gasteiger partial charge on any atom is 0.289 e. The highest BCUT2D eigenvalue weighted by atomic mass is 35.5. The molecule has 0 saturated heterocycles. The molecule has 0 radical (unpaired) electrons. The van der Waals surface area contributed by atoms with Crippen molar-refractivity contribution in [2.45, 2.75) is 13.8 Å². The molecule has 1 aromatic heterocycles. The monoisotopic (exact) mass is 310 g/mol. The first-order valence-corrected chi connectivity index (χ1v) is 6.96. The second kappa shape index (κ2) is 5.60. The van der Waals surface area contributed by atoms with Gasteiger partial charge < -0.3 is 5.32 Å². The van der Waals surface area contributed by atoms with Gasteiger partial charge in [0.05, 0.1) is 10.5 Å². The Kier molecular flexibility index (Phi) is 4.06. The van der Waals surface area contributed by atoms with Gasteiger partial charge in [-0.15, -0.1) is 11.3 Å². The highest BCUT2D eigenvalue weighted by molar-refractivity contribution is 7.10. The molecule has 0 saturated carbocycles. The SMILES string of the molecule is Cc1scc(C(=O)Nc2ccc(Cl)c([N+](=O)[O-])c2)c1C. The van der Waals surface area contributed by atoms with Crippen LogP contribution in [-0.4, -0.2) is 10.8 Å². The lowest BCUT2D eigenvalue weighted by molar-refractivity contribution is -0.384. The van der Waals surface area contributed by atoms with Crippen molar-refractivity contribution in [3.63, 3.8) is 0 Å². The number of amides is 1. The molecule has 0 fully saturated rings. The Hall–Kier alpha value is -1.92. The van der Waals surface area contributed by atoms with Gasteiger partial charge in [-0.25, -0.2) is 0 Å². The molecule has 0 unspecified atom stereocenters. The molecule has 0 aliphatic heterocycles. The lowest BCUT2D eigenvalue weighted by Gasteiger charge is -2.05. The molecule has 2 aromatic rings. The number of nitrogens with zero attached hydrogens (tertiary/aromatic N) is 1. The Balaban J connectivity index is 2.26. The number of nitro benzene ring substituents is 1. The van der Waals surface area contributed by atoms with Gasteiger partial charge in [-0.3, -0.25) is 14.9 Å². The van der Waals surface area contributed by atoms with Crippen LogP contribution in [0.4, 0.5) is 11.4 Å². The van der Waals surface area contributed by atoms with Gasteiger partial charge in [-0.2, -0.15) is 0 Å². The second-order valence-corrected chi connectivity index (χ2v) is 5.70.